The van der Waals surface area contributed by atoms with Crippen LogP contribution in [0.4, 0.5) is 0 Å². The molecular weight excluding hydrogens is 255 g/mol. The van der Waals surface area contributed by atoms with E-state index in [1.54, 1.807) is 7.11 Å². The highest BCUT2D eigenvalue weighted by atomic mass is 35.5. The molecule has 17 heavy (non-hydrogen) atoms. The van der Waals surface area contributed by atoms with E-state index < -0.39 is 4.87 Å². The van der Waals surface area contributed by atoms with Gasteiger partial charge in [-0.05, 0) is 30.2 Å². The lowest BCUT2D eigenvalue weighted by Gasteiger charge is -2.25. The van der Waals surface area contributed by atoms with Gasteiger partial charge in [0.05, 0.1) is 12.0 Å². The summed E-state index contributed by atoms with van der Waals surface area (Å²) in [5, 5.41) is 0.677. The van der Waals surface area contributed by atoms with Gasteiger partial charge in [0, 0.05) is 11.5 Å². The van der Waals surface area contributed by atoms with E-state index in [0.717, 1.165) is 11.3 Å². The summed E-state index contributed by atoms with van der Waals surface area (Å²) in [6.45, 7) is 0. The first kappa shape index (κ1) is 12.5. The molecule has 0 aliphatic heterocycles. The van der Waals surface area contributed by atoms with E-state index >= 15 is 0 Å². The van der Waals surface area contributed by atoms with Gasteiger partial charge in [0.1, 0.15) is 5.75 Å². The standard InChI is InChI=1S/C14H13Cl2O/c1-17-13-6-4-11(5-7-13)9-14(16)8-2-3-12(15)10-14/h2-8,10H,9H2,1H3. The Morgan fingerprint density at radius 2 is 1.94 bits per heavy atom. The fraction of sp³-hybridized carbons (Fsp3) is 0.214. The SMILES string of the molecule is COc1ccc(CC2(Cl)[CH]C(Cl)=CC=C2)cc1. The van der Waals surface area contributed by atoms with E-state index in [2.05, 4.69) is 0 Å². The van der Waals surface area contributed by atoms with Gasteiger partial charge in [-0.1, -0.05) is 35.9 Å². The van der Waals surface area contributed by atoms with E-state index in [1.165, 1.54) is 0 Å². The average molecular weight is 268 g/mol. The van der Waals surface area contributed by atoms with Crippen LogP contribution >= 0.6 is 23.2 Å². The Morgan fingerprint density at radius 1 is 1.24 bits per heavy atom. The van der Waals surface area contributed by atoms with Crippen LogP contribution in [0.2, 0.25) is 0 Å². The fourth-order valence-electron chi connectivity index (χ4n) is 1.79. The van der Waals surface area contributed by atoms with Crippen LogP contribution in [0.5, 0.6) is 5.75 Å². The lowest BCUT2D eigenvalue weighted by Crippen LogP contribution is -2.24. The average Bonchev–Trinajstić information content (AvgIpc) is 2.29. The van der Waals surface area contributed by atoms with E-state index in [-0.39, 0.29) is 0 Å². The number of methoxy groups -OCH3 is 1. The Kier molecular flexibility index (Phi) is 3.80. The van der Waals surface area contributed by atoms with Crippen molar-refractivity contribution in [1.82, 2.24) is 0 Å². The van der Waals surface area contributed by atoms with Crippen molar-refractivity contribution in [3.05, 3.63) is 59.5 Å². The fourth-order valence-corrected chi connectivity index (χ4v) is 2.46. The summed E-state index contributed by atoms with van der Waals surface area (Å²) in [5.41, 5.74) is 1.15. The first-order valence-electron chi connectivity index (χ1n) is 5.34. The van der Waals surface area contributed by atoms with Gasteiger partial charge in [-0.2, -0.15) is 0 Å². The van der Waals surface area contributed by atoms with E-state index in [4.69, 9.17) is 27.9 Å². The van der Waals surface area contributed by atoms with Crippen LogP contribution in [0.25, 0.3) is 0 Å². The van der Waals surface area contributed by atoms with Gasteiger partial charge in [0.15, 0.2) is 0 Å². The zero-order valence-electron chi connectivity index (χ0n) is 9.49. The van der Waals surface area contributed by atoms with Crippen molar-refractivity contribution in [1.29, 1.82) is 0 Å². The molecule has 1 aromatic rings. The van der Waals surface area contributed by atoms with Gasteiger partial charge in [0.2, 0.25) is 0 Å². The molecule has 89 valence electrons. The third kappa shape index (κ3) is 3.27. The molecule has 0 fully saturated rings. The Bertz CT molecular complexity index is 448. The van der Waals surface area contributed by atoms with E-state index in [1.807, 2.05) is 48.9 Å². The maximum Gasteiger partial charge on any atom is 0.118 e. The van der Waals surface area contributed by atoms with Gasteiger partial charge in [-0.25, -0.2) is 0 Å². The summed E-state index contributed by atoms with van der Waals surface area (Å²) in [6.07, 6.45) is 8.24. The zero-order chi connectivity index (χ0) is 12.3. The molecule has 1 aliphatic carbocycles. The minimum absolute atomic E-state index is 0.527. The number of alkyl halides is 1. The number of ether oxygens (including phenoxy) is 1. The van der Waals surface area contributed by atoms with Gasteiger partial charge in [0.25, 0.3) is 0 Å². The molecule has 0 bridgehead atoms. The maximum atomic E-state index is 6.48. The monoisotopic (exact) mass is 267 g/mol. The van der Waals surface area contributed by atoms with Gasteiger partial charge < -0.3 is 4.74 Å². The van der Waals surface area contributed by atoms with Crippen molar-refractivity contribution in [2.24, 2.45) is 0 Å². The van der Waals surface area contributed by atoms with Crippen molar-refractivity contribution in [3.8, 4) is 5.75 Å². The summed E-state index contributed by atoms with van der Waals surface area (Å²) in [7, 11) is 1.65. The minimum Gasteiger partial charge on any atom is -0.497 e. The van der Waals surface area contributed by atoms with Crippen molar-refractivity contribution >= 4 is 23.2 Å². The van der Waals surface area contributed by atoms with Gasteiger partial charge >= 0.3 is 0 Å². The molecule has 1 radical (unpaired) electrons. The topological polar surface area (TPSA) is 9.23 Å². The summed E-state index contributed by atoms with van der Waals surface area (Å²) in [4.78, 5) is -0.527. The first-order chi connectivity index (χ1) is 8.11. The van der Waals surface area contributed by atoms with E-state index in [0.29, 0.717) is 11.5 Å². The van der Waals surface area contributed by atoms with E-state index in [9.17, 15) is 0 Å². The second-order valence-electron chi connectivity index (χ2n) is 4.01. The lowest BCUT2D eigenvalue weighted by molar-refractivity contribution is 0.414. The summed E-state index contributed by atoms with van der Waals surface area (Å²) in [6, 6.07) is 7.88. The quantitative estimate of drug-likeness (QED) is 0.749. The van der Waals surface area contributed by atoms with Crippen LogP contribution in [0, 0.1) is 6.42 Å². The Labute approximate surface area is 112 Å². The molecule has 1 aliphatic rings. The van der Waals surface area contributed by atoms with Crippen LogP contribution in [-0.2, 0) is 6.42 Å². The number of allylic oxidation sites excluding steroid dienone is 4. The summed E-state index contributed by atoms with van der Waals surface area (Å²) in [5.74, 6) is 0.846. The summed E-state index contributed by atoms with van der Waals surface area (Å²) < 4.78 is 5.12. The highest BCUT2D eigenvalue weighted by molar-refractivity contribution is 6.34. The third-order valence-electron chi connectivity index (χ3n) is 2.64. The smallest absolute Gasteiger partial charge is 0.118 e. The second kappa shape index (κ2) is 5.16. The van der Waals surface area contributed by atoms with Crippen molar-refractivity contribution in [3.63, 3.8) is 0 Å². The second-order valence-corrected chi connectivity index (χ2v) is 5.15. The molecule has 0 spiro atoms. The van der Waals surface area contributed by atoms with Gasteiger partial charge in [-0.15, -0.1) is 11.6 Å². The number of hydrogen-bond acceptors (Lipinski definition) is 1. The first-order valence-corrected chi connectivity index (χ1v) is 6.10. The van der Waals surface area contributed by atoms with Crippen molar-refractivity contribution < 1.29 is 4.74 Å². The molecule has 0 N–H and O–H groups in total. The van der Waals surface area contributed by atoms with Crippen LogP contribution in [0.3, 0.4) is 0 Å². The highest BCUT2D eigenvalue weighted by Crippen LogP contribution is 2.33. The molecule has 0 aromatic heterocycles. The lowest BCUT2D eigenvalue weighted by atomic mass is 9.92. The molecule has 1 unspecified atom stereocenters. The molecule has 1 aromatic carbocycles. The molecule has 2 rings (SSSR count). The molecule has 1 nitrogen and oxygen atoms in total. The predicted octanol–water partition coefficient (Wildman–Crippen LogP) is 4.11. The molecule has 0 saturated heterocycles. The number of benzene rings is 1. The van der Waals surface area contributed by atoms with Crippen LogP contribution < -0.4 is 4.74 Å². The van der Waals surface area contributed by atoms with Crippen LogP contribution in [-0.4, -0.2) is 12.0 Å². The number of hydrogen-bond donors (Lipinski definition) is 0. The Morgan fingerprint density at radius 3 is 2.53 bits per heavy atom. The zero-order valence-corrected chi connectivity index (χ0v) is 11.0. The maximum absolute atomic E-state index is 6.48. The molecule has 0 saturated carbocycles. The highest BCUT2D eigenvalue weighted by Gasteiger charge is 2.27. The predicted molar refractivity (Wildman–Crippen MR) is 72.7 cm³/mol. The molecule has 0 heterocycles. The largest absolute Gasteiger partial charge is 0.497 e. The molecular formula is C14H13Cl2O. The number of halogens is 2. The number of rotatable bonds is 3. The third-order valence-corrected chi connectivity index (χ3v) is 3.24. The Hall–Kier alpha value is -0.920. The van der Waals surface area contributed by atoms with Crippen molar-refractivity contribution in [2.45, 2.75) is 11.3 Å². The summed E-state index contributed by atoms with van der Waals surface area (Å²) >= 11 is 12.4. The molecule has 3 heteroatoms. The molecule has 1 atom stereocenters. The Balaban J connectivity index is 2.10. The normalized spacial score (nSPS) is 23.4. The van der Waals surface area contributed by atoms with Crippen LogP contribution in [0.1, 0.15) is 5.56 Å². The van der Waals surface area contributed by atoms with Crippen LogP contribution in [0.15, 0.2) is 47.5 Å². The molecule has 0 amide bonds. The van der Waals surface area contributed by atoms with Crippen molar-refractivity contribution in [2.75, 3.05) is 7.11 Å². The minimum atomic E-state index is -0.527. The van der Waals surface area contributed by atoms with Gasteiger partial charge in [-0.3, -0.25) is 0 Å².